The molecule has 0 radical (unpaired) electrons. The second kappa shape index (κ2) is 5.76. The van der Waals surface area contributed by atoms with Crippen LogP contribution in [0, 0.1) is 13.8 Å². The molecule has 0 N–H and O–H groups in total. The molecule has 0 amide bonds. The molecule has 0 spiro atoms. The Morgan fingerprint density at radius 2 is 2.00 bits per heavy atom. The minimum absolute atomic E-state index is 0.103. The number of hydrogen-bond donors (Lipinski definition) is 0. The SMILES string of the molecule is CCOCC(C)Oc1ccc(C)cc1C. The van der Waals surface area contributed by atoms with E-state index in [0.717, 1.165) is 12.4 Å². The van der Waals surface area contributed by atoms with Gasteiger partial charge in [0.05, 0.1) is 6.61 Å². The van der Waals surface area contributed by atoms with Gasteiger partial charge in [0.25, 0.3) is 0 Å². The van der Waals surface area contributed by atoms with Gasteiger partial charge in [-0.3, -0.25) is 0 Å². The number of rotatable bonds is 5. The van der Waals surface area contributed by atoms with Crippen molar-refractivity contribution < 1.29 is 9.47 Å². The Balaban J connectivity index is 2.56. The number of aryl methyl sites for hydroxylation is 2. The zero-order valence-electron chi connectivity index (χ0n) is 10.0. The van der Waals surface area contributed by atoms with Gasteiger partial charge in [-0.25, -0.2) is 0 Å². The van der Waals surface area contributed by atoms with Crippen molar-refractivity contribution >= 4 is 0 Å². The molecule has 1 rings (SSSR count). The summed E-state index contributed by atoms with van der Waals surface area (Å²) in [5.41, 5.74) is 2.44. The Bertz CT molecular complexity index is 307. The van der Waals surface area contributed by atoms with Crippen molar-refractivity contribution in [2.24, 2.45) is 0 Å². The largest absolute Gasteiger partial charge is 0.488 e. The molecule has 1 unspecified atom stereocenters. The highest BCUT2D eigenvalue weighted by Gasteiger charge is 2.05. The Kier molecular flexibility index (Phi) is 4.63. The maximum absolute atomic E-state index is 5.78. The second-order valence-electron chi connectivity index (χ2n) is 3.86. The highest BCUT2D eigenvalue weighted by Crippen LogP contribution is 2.19. The summed E-state index contributed by atoms with van der Waals surface area (Å²) in [6.07, 6.45) is 0.103. The highest BCUT2D eigenvalue weighted by atomic mass is 16.5. The lowest BCUT2D eigenvalue weighted by Crippen LogP contribution is -2.19. The van der Waals surface area contributed by atoms with E-state index in [9.17, 15) is 0 Å². The van der Waals surface area contributed by atoms with Gasteiger partial charge in [-0.05, 0) is 39.3 Å². The van der Waals surface area contributed by atoms with Crippen molar-refractivity contribution in [2.75, 3.05) is 13.2 Å². The molecular weight excluding hydrogens is 188 g/mol. The van der Waals surface area contributed by atoms with Gasteiger partial charge in [0.1, 0.15) is 11.9 Å². The van der Waals surface area contributed by atoms with Gasteiger partial charge in [-0.2, -0.15) is 0 Å². The molecule has 0 aliphatic heterocycles. The lowest BCUT2D eigenvalue weighted by molar-refractivity contribution is 0.0654. The van der Waals surface area contributed by atoms with Gasteiger partial charge in [0, 0.05) is 6.61 Å². The number of benzene rings is 1. The van der Waals surface area contributed by atoms with E-state index < -0.39 is 0 Å². The van der Waals surface area contributed by atoms with Gasteiger partial charge in [0.2, 0.25) is 0 Å². The average Bonchev–Trinajstić information content (AvgIpc) is 2.19. The molecule has 0 fully saturated rings. The molecule has 0 aliphatic rings. The molecule has 1 aromatic rings. The first-order valence-electron chi connectivity index (χ1n) is 5.45. The van der Waals surface area contributed by atoms with Crippen LogP contribution in [0.3, 0.4) is 0 Å². The fraction of sp³-hybridized carbons (Fsp3) is 0.538. The highest BCUT2D eigenvalue weighted by molar-refractivity contribution is 5.35. The third-order valence-corrected chi connectivity index (χ3v) is 2.22. The first kappa shape index (κ1) is 12.1. The molecule has 0 saturated carbocycles. The third-order valence-electron chi connectivity index (χ3n) is 2.22. The standard InChI is InChI=1S/C13H20O2/c1-5-14-9-12(4)15-13-7-6-10(2)8-11(13)3/h6-8,12H,5,9H2,1-4H3. The summed E-state index contributed by atoms with van der Waals surface area (Å²) >= 11 is 0. The second-order valence-corrected chi connectivity index (χ2v) is 3.86. The van der Waals surface area contributed by atoms with Crippen molar-refractivity contribution in [3.8, 4) is 5.75 Å². The van der Waals surface area contributed by atoms with Crippen LogP contribution in [0.1, 0.15) is 25.0 Å². The summed E-state index contributed by atoms with van der Waals surface area (Å²) in [5.74, 6) is 0.952. The van der Waals surface area contributed by atoms with Gasteiger partial charge >= 0.3 is 0 Å². The maximum Gasteiger partial charge on any atom is 0.122 e. The minimum Gasteiger partial charge on any atom is -0.488 e. The van der Waals surface area contributed by atoms with Gasteiger partial charge < -0.3 is 9.47 Å². The van der Waals surface area contributed by atoms with Crippen molar-refractivity contribution in [2.45, 2.75) is 33.8 Å². The molecule has 0 saturated heterocycles. The number of hydrogen-bond acceptors (Lipinski definition) is 2. The average molecular weight is 208 g/mol. The third kappa shape index (κ3) is 3.92. The fourth-order valence-electron chi connectivity index (χ4n) is 1.47. The van der Waals surface area contributed by atoms with Crippen molar-refractivity contribution in [1.29, 1.82) is 0 Å². The Hall–Kier alpha value is -1.02. The Morgan fingerprint density at radius 3 is 2.60 bits per heavy atom. The lowest BCUT2D eigenvalue weighted by atomic mass is 10.1. The van der Waals surface area contributed by atoms with E-state index in [-0.39, 0.29) is 6.10 Å². The van der Waals surface area contributed by atoms with Gasteiger partial charge in [-0.1, -0.05) is 17.7 Å². The van der Waals surface area contributed by atoms with Crippen LogP contribution in [0.4, 0.5) is 0 Å². The van der Waals surface area contributed by atoms with Gasteiger partial charge in [-0.15, -0.1) is 0 Å². The predicted octanol–water partition coefficient (Wildman–Crippen LogP) is 3.11. The Labute approximate surface area is 92.2 Å². The van der Waals surface area contributed by atoms with Gasteiger partial charge in [0.15, 0.2) is 0 Å². The first-order chi connectivity index (χ1) is 7.13. The quantitative estimate of drug-likeness (QED) is 0.740. The summed E-state index contributed by atoms with van der Waals surface area (Å²) < 4.78 is 11.1. The van der Waals surface area contributed by atoms with E-state index in [1.165, 1.54) is 11.1 Å². The molecule has 0 aromatic heterocycles. The first-order valence-corrected chi connectivity index (χ1v) is 5.45. The molecule has 0 bridgehead atoms. The smallest absolute Gasteiger partial charge is 0.122 e. The molecule has 15 heavy (non-hydrogen) atoms. The van der Waals surface area contributed by atoms with Crippen LogP contribution in [0.25, 0.3) is 0 Å². The van der Waals surface area contributed by atoms with E-state index >= 15 is 0 Å². The lowest BCUT2D eigenvalue weighted by Gasteiger charge is -2.16. The molecule has 0 heterocycles. The summed E-state index contributed by atoms with van der Waals surface area (Å²) in [7, 11) is 0. The molecule has 2 nitrogen and oxygen atoms in total. The van der Waals surface area contributed by atoms with Crippen LogP contribution in [0.2, 0.25) is 0 Å². The van der Waals surface area contributed by atoms with Crippen LogP contribution >= 0.6 is 0 Å². The molecule has 1 atom stereocenters. The topological polar surface area (TPSA) is 18.5 Å². The molecule has 1 aromatic carbocycles. The van der Waals surface area contributed by atoms with Crippen LogP contribution in [0.15, 0.2) is 18.2 Å². The molecule has 0 aliphatic carbocycles. The summed E-state index contributed by atoms with van der Waals surface area (Å²) in [4.78, 5) is 0. The summed E-state index contributed by atoms with van der Waals surface area (Å²) in [5, 5.41) is 0. The van der Waals surface area contributed by atoms with E-state index in [4.69, 9.17) is 9.47 Å². The zero-order chi connectivity index (χ0) is 11.3. The molecule has 2 heteroatoms. The summed E-state index contributed by atoms with van der Waals surface area (Å²) in [6, 6.07) is 6.21. The summed E-state index contributed by atoms with van der Waals surface area (Å²) in [6.45, 7) is 9.54. The number of ether oxygens (including phenoxy) is 2. The monoisotopic (exact) mass is 208 g/mol. The minimum atomic E-state index is 0.103. The van der Waals surface area contributed by atoms with E-state index in [0.29, 0.717) is 6.61 Å². The van der Waals surface area contributed by atoms with E-state index in [1.807, 2.05) is 19.9 Å². The predicted molar refractivity (Wildman–Crippen MR) is 62.5 cm³/mol. The molecule has 84 valence electrons. The van der Waals surface area contributed by atoms with E-state index in [1.54, 1.807) is 0 Å². The maximum atomic E-state index is 5.78. The fourth-order valence-corrected chi connectivity index (χ4v) is 1.47. The van der Waals surface area contributed by atoms with Crippen molar-refractivity contribution in [3.05, 3.63) is 29.3 Å². The van der Waals surface area contributed by atoms with Crippen LogP contribution in [0.5, 0.6) is 5.75 Å². The normalized spacial score (nSPS) is 12.5. The Morgan fingerprint density at radius 1 is 1.27 bits per heavy atom. The van der Waals surface area contributed by atoms with E-state index in [2.05, 4.69) is 26.0 Å². The zero-order valence-corrected chi connectivity index (χ0v) is 10.0. The van der Waals surface area contributed by atoms with Crippen LogP contribution in [-0.4, -0.2) is 19.3 Å². The van der Waals surface area contributed by atoms with Crippen LogP contribution < -0.4 is 4.74 Å². The van der Waals surface area contributed by atoms with Crippen LogP contribution in [-0.2, 0) is 4.74 Å². The van der Waals surface area contributed by atoms with Crippen molar-refractivity contribution in [3.63, 3.8) is 0 Å². The molecular formula is C13H20O2. The van der Waals surface area contributed by atoms with Crippen molar-refractivity contribution in [1.82, 2.24) is 0 Å².